The molecule has 0 aromatic carbocycles. The van der Waals surface area contributed by atoms with Crippen molar-refractivity contribution in [2.45, 2.75) is 97.7 Å². The molecular formula is C29H52O7. The van der Waals surface area contributed by atoms with Crippen LogP contribution in [0.25, 0.3) is 0 Å². The highest BCUT2D eigenvalue weighted by Crippen LogP contribution is 2.27. The van der Waals surface area contributed by atoms with Crippen LogP contribution in [0.15, 0.2) is 24.3 Å². The lowest BCUT2D eigenvalue weighted by atomic mass is 9.87. The summed E-state index contributed by atoms with van der Waals surface area (Å²) < 4.78 is 33.9. The average molecular weight is 513 g/mol. The minimum atomic E-state index is -0.566. The lowest BCUT2D eigenvalue weighted by Gasteiger charge is -2.29. The Labute approximate surface area is 219 Å². The van der Waals surface area contributed by atoms with Crippen LogP contribution in [0.1, 0.15) is 67.2 Å². The predicted octanol–water partition coefficient (Wildman–Crippen LogP) is 4.71. The third kappa shape index (κ3) is 15.5. The van der Waals surface area contributed by atoms with Crippen molar-refractivity contribution < 1.29 is 33.5 Å². The van der Waals surface area contributed by atoms with Gasteiger partial charge in [0, 0.05) is 12.8 Å². The fraction of sp³-hybridized carbons (Fsp3) is 0.862. The van der Waals surface area contributed by atoms with Gasteiger partial charge in [-0.25, -0.2) is 0 Å². The van der Waals surface area contributed by atoms with E-state index in [-0.39, 0.29) is 29.1 Å². The maximum Gasteiger partial charge on any atom is 0.104 e. The Kier molecular flexibility index (Phi) is 13.1. The molecule has 0 amide bonds. The van der Waals surface area contributed by atoms with Crippen LogP contribution in [0.3, 0.4) is 0 Å². The summed E-state index contributed by atoms with van der Waals surface area (Å²) in [7, 11) is 0. The highest BCUT2D eigenvalue weighted by Gasteiger charge is 2.27. The molecule has 2 rings (SSSR count). The molecule has 7 nitrogen and oxygen atoms in total. The number of ether oxygens (including phenoxy) is 6. The molecule has 0 radical (unpaired) electrons. The van der Waals surface area contributed by atoms with E-state index in [9.17, 15) is 5.11 Å². The number of aliphatic hydroxyl groups excluding tert-OH is 1. The van der Waals surface area contributed by atoms with Gasteiger partial charge >= 0.3 is 0 Å². The Hall–Kier alpha value is -0.800. The highest BCUT2D eigenvalue weighted by atomic mass is 16.6. The normalized spacial score (nSPS) is 22.2. The minimum Gasteiger partial charge on any atom is -0.391 e. The molecule has 2 heterocycles. The Morgan fingerprint density at radius 1 is 0.861 bits per heavy atom. The summed E-state index contributed by atoms with van der Waals surface area (Å²) in [5, 5.41) is 10.4. The van der Waals surface area contributed by atoms with Gasteiger partial charge < -0.3 is 33.5 Å². The maximum absolute atomic E-state index is 10.4. The van der Waals surface area contributed by atoms with Crippen molar-refractivity contribution in [3.8, 4) is 0 Å². The maximum atomic E-state index is 10.4. The van der Waals surface area contributed by atoms with E-state index in [1.807, 2.05) is 6.92 Å². The summed E-state index contributed by atoms with van der Waals surface area (Å²) in [6.45, 7) is 25.9. The van der Waals surface area contributed by atoms with E-state index in [0.29, 0.717) is 52.2 Å². The summed E-state index contributed by atoms with van der Waals surface area (Å²) in [5.74, 6) is 0. The number of epoxide rings is 2. The average Bonchev–Trinajstić information content (AvgIpc) is 3.67. The zero-order valence-corrected chi connectivity index (χ0v) is 23.7. The third-order valence-corrected chi connectivity index (χ3v) is 6.20. The molecule has 0 aromatic rings. The number of aliphatic hydroxyl groups is 1. The first-order valence-electron chi connectivity index (χ1n) is 13.5. The van der Waals surface area contributed by atoms with Crippen molar-refractivity contribution in [2.24, 2.45) is 10.8 Å². The molecule has 2 aliphatic heterocycles. The van der Waals surface area contributed by atoms with Crippen LogP contribution in [0, 0.1) is 10.8 Å². The topological polar surface area (TPSA) is 82.2 Å². The lowest BCUT2D eigenvalue weighted by Crippen LogP contribution is -2.29. The van der Waals surface area contributed by atoms with Gasteiger partial charge in [-0.15, -0.1) is 0 Å². The van der Waals surface area contributed by atoms with Gasteiger partial charge in [0.25, 0.3) is 0 Å². The molecule has 210 valence electrons. The first-order chi connectivity index (χ1) is 16.8. The van der Waals surface area contributed by atoms with Gasteiger partial charge in [0.1, 0.15) is 6.10 Å². The summed E-state index contributed by atoms with van der Waals surface area (Å²) in [5.41, 5.74) is 1.99. The third-order valence-electron chi connectivity index (χ3n) is 6.20. The van der Waals surface area contributed by atoms with Crippen molar-refractivity contribution in [3.63, 3.8) is 0 Å². The Morgan fingerprint density at radius 3 is 2.06 bits per heavy atom. The smallest absolute Gasteiger partial charge is 0.104 e. The second-order valence-electron chi connectivity index (χ2n) is 12.5. The summed E-state index contributed by atoms with van der Waals surface area (Å²) in [4.78, 5) is 0. The molecule has 7 heteroatoms. The molecular weight excluding hydrogens is 460 g/mol. The minimum absolute atomic E-state index is 0.0498. The summed E-state index contributed by atoms with van der Waals surface area (Å²) >= 11 is 0. The molecule has 0 aromatic heterocycles. The highest BCUT2D eigenvalue weighted by molar-refractivity contribution is 5.00. The molecule has 5 atom stereocenters. The molecule has 36 heavy (non-hydrogen) atoms. The molecule has 5 unspecified atom stereocenters. The van der Waals surface area contributed by atoms with E-state index in [0.717, 1.165) is 43.6 Å². The molecule has 0 saturated carbocycles. The summed E-state index contributed by atoms with van der Waals surface area (Å²) in [6.07, 6.45) is 3.32. The van der Waals surface area contributed by atoms with Crippen LogP contribution in [-0.4, -0.2) is 88.5 Å². The fourth-order valence-electron chi connectivity index (χ4n) is 4.32. The quantitative estimate of drug-likeness (QED) is 0.166. The van der Waals surface area contributed by atoms with Gasteiger partial charge in [0.05, 0.1) is 77.3 Å². The van der Waals surface area contributed by atoms with Crippen molar-refractivity contribution in [1.29, 1.82) is 0 Å². The van der Waals surface area contributed by atoms with E-state index in [2.05, 4.69) is 47.8 Å². The monoisotopic (exact) mass is 512 g/mol. The van der Waals surface area contributed by atoms with Crippen molar-refractivity contribution in [2.75, 3.05) is 52.9 Å². The van der Waals surface area contributed by atoms with E-state index in [1.54, 1.807) is 0 Å². The van der Waals surface area contributed by atoms with E-state index >= 15 is 0 Å². The van der Waals surface area contributed by atoms with E-state index in [4.69, 9.17) is 28.4 Å². The molecule has 1 N–H and O–H groups in total. The second-order valence-corrected chi connectivity index (χ2v) is 12.5. The van der Waals surface area contributed by atoms with Crippen molar-refractivity contribution >= 4 is 0 Å². The molecule has 0 aliphatic carbocycles. The van der Waals surface area contributed by atoms with Crippen LogP contribution >= 0.6 is 0 Å². The molecule has 2 saturated heterocycles. The Bertz CT molecular complexity index is 667. The Balaban J connectivity index is 1.53. The molecule has 2 aliphatic rings. The van der Waals surface area contributed by atoms with Gasteiger partial charge in [-0.3, -0.25) is 0 Å². The van der Waals surface area contributed by atoms with Crippen LogP contribution in [0.2, 0.25) is 0 Å². The van der Waals surface area contributed by atoms with Crippen LogP contribution in [0.4, 0.5) is 0 Å². The van der Waals surface area contributed by atoms with Gasteiger partial charge in [0.2, 0.25) is 0 Å². The second kappa shape index (κ2) is 15.0. The van der Waals surface area contributed by atoms with Crippen LogP contribution < -0.4 is 0 Å². The molecule has 0 bridgehead atoms. The van der Waals surface area contributed by atoms with Gasteiger partial charge in [-0.2, -0.15) is 0 Å². The van der Waals surface area contributed by atoms with Crippen molar-refractivity contribution in [1.82, 2.24) is 0 Å². The molecule has 2 fully saturated rings. The van der Waals surface area contributed by atoms with E-state index < -0.39 is 6.10 Å². The first-order valence-corrected chi connectivity index (χ1v) is 13.5. The zero-order valence-electron chi connectivity index (χ0n) is 23.7. The van der Waals surface area contributed by atoms with Crippen LogP contribution in [-0.2, 0) is 28.4 Å². The largest absolute Gasteiger partial charge is 0.391 e. The predicted molar refractivity (Wildman–Crippen MR) is 142 cm³/mol. The van der Waals surface area contributed by atoms with Gasteiger partial charge in [-0.05, 0) is 37.5 Å². The van der Waals surface area contributed by atoms with Crippen LogP contribution in [0.5, 0.6) is 0 Å². The standard InChI is InChI=1S/C29H52O7/c1-21(13-31-16-27-18-35-27)11-29(7,8)20-36-23(3)9-25(30)15-32-19-28(5,6)12-22(2)14-33-24(4)10-26-17-34-26/h23-27,30H,1-2,9-20H2,3-8H3. The fourth-order valence-corrected chi connectivity index (χ4v) is 4.32. The van der Waals surface area contributed by atoms with Gasteiger partial charge in [-0.1, -0.05) is 52.0 Å². The molecule has 0 spiro atoms. The lowest BCUT2D eigenvalue weighted by molar-refractivity contribution is -0.0431. The van der Waals surface area contributed by atoms with E-state index in [1.165, 1.54) is 0 Å². The summed E-state index contributed by atoms with van der Waals surface area (Å²) in [6, 6.07) is 0. The number of hydrogen-bond donors (Lipinski definition) is 1. The number of rotatable bonds is 22. The zero-order chi connectivity index (χ0) is 26.8. The number of hydrogen-bond acceptors (Lipinski definition) is 7. The SMILES string of the molecule is C=C(COC(C)CC1CO1)CC(C)(C)COCC(O)CC(C)OCC(C)(C)CC(=C)COCC1CO1. The van der Waals surface area contributed by atoms with Crippen molar-refractivity contribution in [3.05, 3.63) is 24.3 Å². The van der Waals surface area contributed by atoms with Gasteiger partial charge in [0.15, 0.2) is 0 Å². The Morgan fingerprint density at radius 2 is 1.44 bits per heavy atom. The first kappa shape index (κ1) is 31.4.